The van der Waals surface area contributed by atoms with E-state index in [1.807, 2.05) is 24.3 Å². The molecule has 0 N–H and O–H groups in total. The summed E-state index contributed by atoms with van der Waals surface area (Å²) in [5.74, 6) is 1.67. The fourth-order valence-corrected chi connectivity index (χ4v) is 14.6. The van der Waals surface area contributed by atoms with Crippen molar-refractivity contribution in [2.24, 2.45) is 0 Å². The van der Waals surface area contributed by atoms with Gasteiger partial charge in [0.1, 0.15) is 11.5 Å². The smallest absolute Gasteiger partial charge is 0.261 e. The molecule has 5 rings (SSSR count). The molecule has 0 amide bonds. The average molecular weight is 959 g/mol. The molecule has 4 aromatic rings. The standard InChI is InChI=1S/C59H82O7Si2/c1-45(35-36-64-68(59(7,8)9,56-23-16-14-17-24-56)57-25-18-15-19-26-57)37-52(63-43-49-29-33-51(61-11)34-30-49)21-20-22-53-38-46(2)39-54(65-53)40-47(3)41-55(66-67(12,13)58(4,5)6)44-62-42-48-27-31-50(60-10)32-28-48/h14-21,23-35,40,52-55H,2,22,36-39,41-44H2,1,3-13H3/b21-20+,45-35-,47-40+/t52?,53-,54-,55-/m1/s1. The van der Waals surface area contributed by atoms with E-state index in [0.29, 0.717) is 26.4 Å². The fraction of sp³-hybridized carbons (Fsp3) is 0.458. The van der Waals surface area contributed by atoms with Crippen molar-refractivity contribution < 1.29 is 32.5 Å². The number of methoxy groups -OCH3 is 2. The van der Waals surface area contributed by atoms with Crippen LogP contribution in [0.2, 0.25) is 23.2 Å². The zero-order chi connectivity index (χ0) is 49.4. The van der Waals surface area contributed by atoms with Crippen molar-refractivity contribution in [1.29, 1.82) is 0 Å². The van der Waals surface area contributed by atoms with Crippen LogP contribution in [0.3, 0.4) is 0 Å². The Morgan fingerprint density at radius 3 is 1.81 bits per heavy atom. The molecule has 1 unspecified atom stereocenters. The number of ether oxygens (including phenoxy) is 5. The number of benzene rings is 4. The molecule has 9 heteroatoms. The predicted octanol–water partition coefficient (Wildman–Crippen LogP) is 13.5. The van der Waals surface area contributed by atoms with Gasteiger partial charge in [-0.25, -0.2) is 0 Å². The van der Waals surface area contributed by atoms with Crippen molar-refractivity contribution in [3.8, 4) is 11.5 Å². The van der Waals surface area contributed by atoms with E-state index in [9.17, 15) is 0 Å². The molecule has 368 valence electrons. The summed E-state index contributed by atoms with van der Waals surface area (Å²) in [5, 5.41) is 2.54. The molecule has 0 radical (unpaired) electrons. The first-order valence-corrected chi connectivity index (χ1v) is 29.3. The highest BCUT2D eigenvalue weighted by Gasteiger charge is 2.50. The summed E-state index contributed by atoms with van der Waals surface area (Å²) in [4.78, 5) is 0. The minimum Gasteiger partial charge on any atom is -0.497 e. The van der Waals surface area contributed by atoms with Gasteiger partial charge in [0.05, 0.1) is 65.1 Å². The highest BCUT2D eigenvalue weighted by Crippen LogP contribution is 2.39. The number of rotatable bonds is 24. The lowest BCUT2D eigenvalue weighted by Crippen LogP contribution is -2.66. The molecule has 1 heterocycles. The number of hydrogen-bond donors (Lipinski definition) is 0. The minimum atomic E-state index is -2.67. The Morgan fingerprint density at radius 1 is 0.721 bits per heavy atom. The van der Waals surface area contributed by atoms with Gasteiger partial charge in [-0.05, 0) is 115 Å². The first kappa shape index (κ1) is 54.6. The molecule has 7 nitrogen and oxygen atoms in total. The van der Waals surface area contributed by atoms with Crippen molar-refractivity contribution in [2.45, 2.75) is 148 Å². The van der Waals surface area contributed by atoms with E-state index in [2.05, 4.69) is 184 Å². The summed E-state index contributed by atoms with van der Waals surface area (Å²) < 4.78 is 44.7. The molecule has 0 saturated carbocycles. The predicted molar refractivity (Wildman–Crippen MR) is 287 cm³/mol. The molecule has 68 heavy (non-hydrogen) atoms. The highest BCUT2D eigenvalue weighted by molar-refractivity contribution is 6.99. The molecule has 0 aromatic heterocycles. The summed E-state index contributed by atoms with van der Waals surface area (Å²) in [6.07, 6.45) is 12.7. The summed E-state index contributed by atoms with van der Waals surface area (Å²) in [7, 11) is -1.36. The SMILES string of the molecule is C=C1C[C@@H](C/C=C/C(C/C(C)=C\CO[Si](c2ccccc2)(c2ccccc2)C(C)(C)C)OCc2ccc(OC)cc2)O[C@@H](/C=C(\C)C[C@H](COCc2ccc(OC)cc2)O[Si](C)(C)C(C)(C)C)C1. The molecule has 0 aliphatic carbocycles. The molecule has 1 fully saturated rings. The Kier molecular flexibility index (Phi) is 20.5. The topological polar surface area (TPSA) is 64.6 Å². The van der Waals surface area contributed by atoms with Crippen molar-refractivity contribution in [1.82, 2.24) is 0 Å². The first-order valence-electron chi connectivity index (χ1n) is 24.5. The van der Waals surface area contributed by atoms with Crippen LogP contribution in [-0.2, 0) is 36.3 Å². The molecule has 4 atom stereocenters. The van der Waals surface area contributed by atoms with Gasteiger partial charge >= 0.3 is 0 Å². The highest BCUT2D eigenvalue weighted by atomic mass is 28.4. The Balaban J connectivity index is 1.27. The summed E-state index contributed by atoms with van der Waals surface area (Å²) in [5.41, 5.74) is 5.88. The third kappa shape index (κ3) is 16.1. The van der Waals surface area contributed by atoms with Crippen LogP contribution in [0.15, 0.2) is 157 Å². The normalized spacial score (nSPS) is 17.6. The van der Waals surface area contributed by atoms with Gasteiger partial charge in [-0.2, -0.15) is 0 Å². The van der Waals surface area contributed by atoms with Gasteiger partial charge in [-0.1, -0.05) is 174 Å². The fourth-order valence-electron chi connectivity index (χ4n) is 8.73. The Hall–Kier alpha value is -4.33. The van der Waals surface area contributed by atoms with Gasteiger partial charge in [0.2, 0.25) is 0 Å². The molecule has 0 spiro atoms. The summed E-state index contributed by atoms with van der Waals surface area (Å²) >= 11 is 0. The first-order chi connectivity index (χ1) is 32.3. The lowest BCUT2D eigenvalue weighted by molar-refractivity contribution is -0.00466. The number of hydrogen-bond acceptors (Lipinski definition) is 7. The molecule has 1 aliphatic heterocycles. The second-order valence-electron chi connectivity index (χ2n) is 21.1. The summed E-state index contributed by atoms with van der Waals surface area (Å²) in [6.45, 7) is 29.3. The Labute approximate surface area is 412 Å². The van der Waals surface area contributed by atoms with Gasteiger partial charge < -0.3 is 32.5 Å². The molecule has 1 saturated heterocycles. The van der Waals surface area contributed by atoms with Crippen molar-refractivity contribution in [2.75, 3.05) is 27.4 Å². The maximum Gasteiger partial charge on any atom is 0.261 e. The minimum absolute atomic E-state index is 0.0207. The average Bonchev–Trinajstić information content (AvgIpc) is 3.29. The molecule has 0 bridgehead atoms. The molecule has 4 aromatic carbocycles. The molecular formula is C59H82O7Si2. The van der Waals surface area contributed by atoms with Crippen LogP contribution in [0.4, 0.5) is 0 Å². The van der Waals surface area contributed by atoms with Crippen molar-refractivity contribution in [3.63, 3.8) is 0 Å². The monoisotopic (exact) mass is 959 g/mol. The lowest BCUT2D eigenvalue weighted by Gasteiger charge is -2.42. The Morgan fingerprint density at radius 2 is 1.28 bits per heavy atom. The van der Waals surface area contributed by atoms with Gasteiger partial charge in [0, 0.05) is 0 Å². The third-order valence-corrected chi connectivity index (χ3v) is 23.0. The van der Waals surface area contributed by atoms with E-state index >= 15 is 0 Å². The Bertz CT molecular complexity index is 2180. The van der Waals surface area contributed by atoms with E-state index < -0.39 is 16.6 Å². The maximum absolute atomic E-state index is 7.22. The van der Waals surface area contributed by atoms with E-state index in [1.54, 1.807) is 14.2 Å². The van der Waals surface area contributed by atoms with Crippen LogP contribution >= 0.6 is 0 Å². The van der Waals surface area contributed by atoms with E-state index in [0.717, 1.165) is 54.7 Å². The largest absolute Gasteiger partial charge is 0.497 e. The molecule has 1 aliphatic rings. The zero-order valence-corrected chi connectivity index (χ0v) is 45.4. The van der Waals surface area contributed by atoms with Crippen LogP contribution in [0.5, 0.6) is 11.5 Å². The zero-order valence-electron chi connectivity index (χ0n) is 43.4. The van der Waals surface area contributed by atoms with Crippen molar-refractivity contribution >= 4 is 27.0 Å². The van der Waals surface area contributed by atoms with Crippen LogP contribution in [0.1, 0.15) is 98.6 Å². The van der Waals surface area contributed by atoms with E-state index in [1.165, 1.54) is 27.1 Å². The van der Waals surface area contributed by atoms with E-state index in [-0.39, 0.29) is 34.5 Å². The maximum atomic E-state index is 7.22. The lowest BCUT2D eigenvalue weighted by atomic mass is 9.95. The quantitative estimate of drug-likeness (QED) is 0.0512. The second kappa shape index (κ2) is 25.5. The van der Waals surface area contributed by atoms with Crippen LogP contribution in [0.25, 0.3) is 0 Å². The molecular weight excluding hydrogens is 877 g/mol. The van der Waals surface area contributed by atoms with Crippen LogP contribution < -0.4 is 19.8 Å². The second-order valence-corrected chi connectivity index (χ2v) is 30.2. The van der Waals surface area contributed by atoms with Gasteiger partial charge in [0.15, 0.2) is 8.32 Å². The summed E-state index contributed by atoms with van der Waals surface area (Å²) in [6, 6.07) is 37.8. The van der Waals surface area contributed by atoms with Crippen molar-refractivity contribution in [3.05, 3.63) is 168 Å². The van der Waals surface area contributed by atoms with Crippen LogP contribution in [0, 0.1) is 0 Å². The van der Waals surface area contributed by atoms with E-state index in [4.69, 9.17) is 32.5 Å². The van der Waals surface area contributed by atoms with Gasteiger partial charge in [-0.3, -0.25) is 0 Å². The third-order valence-electron chi connectivity index (χ3n) is 13.4. The van der Waals surface area contributed by atoms with Gasteiger partial charge in [0.25, 0.3) is 8.32 Å². The van der Waals surface area contributed by atoms with Gasteiger partial charge in [-0.15, -0.1) is 0 Å². The van der Waals surface area contributed by atoms with Crippen LogP contribution in [-0.4, -0.2) is 68.5 Å².